The van der Waals surface area contributed by atoms with Crippen LogP contribution in [0.1, 0.15) is 17.3 Å². The van der Waals surface area contributed by atoms with E-state index in [0.29, 0.717) is 55.6 Å². The Balaban J connectivity index is 2.67. The van der Waals surface area contributed by atoms with Gasteiger partial charge in [-0.3, -0.25) is 14.9 Å². The molecule has 2 rings (SSSR count). The van der Waals surface area contributed by atoms with Crippen molar-refractivity contribution in [2.75, 3.05) is 67.6 Å². The van der Waals surface area contributed by atoms with Crippen molar-refractivity contribution in [1.82, 2.24) is 9.80 Å². The topological polar surface area (TPSA) is 104 Å². The minimum atomic E-state index is -3.75. The van der Waals surface area contributed by atoms with Crippen LogP contribution in [0.15, 0.2) is 17.0 Å². The second-order valence-electron chi connectivity index (χ2n) is 6.96. The van der Waals surface area contributed by atoms with Crippen molar-refractivity contribution >= 4 is 59.0 Å². The van der Waals surface area contributed by atoms with Crippen LogP contribution >= 0.6 is 31.9 Å². The van der Waals surface area contributed by atoms with Gasteiger partial charge in [0, 0.05) is 56.0 Å². The zero-order valence-electron chi connectivity index (χ0n) is 17.0. The van der Waals surface area contributed by atoms with Gasteiger partial charge in [-0.05, 0) is 13.1 Å². The number of halogens is 2. The van der Waals surface area contributed by atoms with E-state index >= 15 is 0 Å². The number of alkyl halides is 2. The first-order valence-electron chi connectivity index (χ1n) is 9.56. The number of carbonyl (C=O) groups is 1. The molecule has 0 atom stereocenters. The lowest BCUT2D eigenvalue weighted by Gasteiger charge is -2.33. The zero-order chi connectivity index (χ0) is 22.5. The number of sulfone groups is 1. The number of nitrogens with zero attached hydrogens (tertiary/aromatic N) is 4. The number of hydrogen-bond acceptors (Lipinski definition) is 7. The van der Waals surface area contributed by atoms with Crippen molar-refractivity contribution in [2.24, 2.45) is 0 Å². The number of hydrogen-bond donors (Lipinski definition) is 0. The maximum Gasteiger partial charge on any atom is 0.283 e. The van der Waals surface area contributed by atoms with Gasteiger partial charge in [0.1, 0.15) is 5.56 Å². The molecule has 0 aliphatic carbocycles. The molecule has 168 valence electrons. The fraction of sp³-hybridized carbons (Fsp3) is 0.611. The monoisotopic (exact) mass is 568 g/mol. The standard InChI is InChI=1S/C18H26Br2N4O5S/c1-3-30(28,29)17-13-15(24(26)27)14(12-16(17)22(6-4-19)7-5-20)18(25)23-10-8-21(2)9-11-23/h12-13H,3-11H2,1-2H3. The molecule has 0 bridgehead atoms. The molecule has 1 amide bonds. The molecule has 1 saturated heterocycles. The molecule has 1 aromatic carbocycles. The summed E-state index contributed by atoms with van der Waals surface area (Å²) in [7, 11) is -1.80. The van der Waals surface area contributed by atoms with Crippen molar-refractivity contribution in [1.29, 1.82) is 0 Å². The highest BCUT2D eigenvalue weighted by Crippen LogP contribution is 2.34. The summed E-state index contributed by atoms with van der Waals surface area (Å²) in [6.45, 7) is 4.73. The summed E-state index contributed by atoms with van der Waals surface area (Å²) in [5, 5.41) is 12.9. The summed E-state index contributed by atoms with van der Waals surface area (Å²) in [4.78, 5) is 29.6. The highest BCUT2D eigenvalue weighted by atomic mass is 79.9. The molecular formula is C18H26Br2N4O5S. The van der Waals surface area contributed by atoms with Gasteiger partial charge in [0.15, 0.2) is 9.84 Å². The van der Waals surface area contributed by atoms with Gasteiger partial charge in [-0.1, -0.05) is 38.8 Å². The average molecular weight is 570 g/mol. The first kappa shape index (κ1) is 25.0. The largest absolute Gasteiger partial charge is 0.369 e. The number of likely N-dealkylation sites (N-methyl/N-ethyl adjacent to an activating group) is 1. The quantitative estimate of drug-likeness (QED) is 0.255. The second-order valence-corrected chi connectivity index (χ2v) is 10.8. The number of nitro benzene ring substituents is 1. The third-order valence-electron chi connectivity index (χ3n) is 5.06. The van der Waals surface area contributed by atoms with Crippen LogP contribution in [-0.4, -0.2) is 91.8 Å². The van der Waals surface area contributed by atoms with Gasteiger partial charge in [0.05, 0.1) is 21.3 Å². The van der Waals surface area contributed by atoms with Gasteiger partial charge in [0.25, 0.3) is 11.6 Å². The van der Waals surface area contributed by atoms with Crippen molar-refractivity contribution in [3.63, 3.8) is 0 Å². The number of amides is 1. The van der Waals surface area contributed by atoms with Crippen LogP contribution in [-0.2, 0) is 9.84 Å². The van der Waals surface area contributed by atoms with E-state index in [-0.39, 0.29) is 16.2 Å². The van der Waals surface area contributed by atoms with Crippen LogP contribution in [0.3, 0.4) is 0 Å². The Kier molecular flexibility index (Phi) is 9.07. The lowest BCUT2D eigenvalue weighted by atomic mass is 10.1. The van der Waals surface area contributed by atoms with E-state index in [9.17, 15) is 23.3 Å². The maximum absolute atomic E-state index is 13.2. The predicted molar refractivity (Wildman–Crippen MR) is 124 cm³/mol. The fourth-order valence-corrected chi connectivity index (χ4v) is 5.23. The van der Waals surface area contributed by atoms with Crippen LogP contribution in [0.25, 0.3) is 0 Å². The molecular weight excluding hydrogens is 544 g/mol. The van der Waals surface area contributed by atoms with Crippen LogP contribution in [0.2, 0.25) is 0 Å². The molecule has 1 aliphatic heterocycles. The predicted octanol–water partition coefficient (Wildman–Crippen LogP) is 2.37. The van der Waals surface area contributed by atoms with Gasteiger partial charge in [0.2, 0.25) is 0 Å². The van der Waals surface area contributed by atoms with Crippen molar-refractivity contribution in [3.05, 3.63) is 27.8 Å². The van der Waals surface area contributed by atoms with E-state index in [1.54, 1.807) is 4.90 Å². The zero-order valence-corrected chi connectivity index (χ0v) is 21.0. The molecule has 0 aromatic heterocycles. The number of piperazine rings is 1. The summed E-state index contributed by atoms with van der Waals surface area (Å²) in [6, 6.07) is 2.43. The Labute approximate surface area is 193 Å². The Morgan fingerprint density at radius 2 is 1.73 bits per heavy atom. The lowest BCUT2D eigenvalue weighted by molar-refractivity contribution is -0.385. The smallest absolute Gasteiger partial charge is 0.283 e. The normalized spacial score (nSPS) is 15.3. The minimum absolute atomic E-state index is 0.0799. The molecule has 9 nitrogen and oxygen atoms in total. The molecule has 0 spiro atoms. The Morgan fingerprint density at radius 1 is 1.17 bits per heavy atom. The van der Waals surface area contributed by atoms with Crippen LogP contribution in [0.5, 0.6) is 0 Å². The summed E-state index contributed by atoms with van der Waals surface area (Å²) in [5.74, 6) is -0.645. The number of benzene rings is 1. The Hall–Kier alpha value is -1.24. The summed E-state index contributed by atoms with van der Waals surface area (Å²) < 4.78 is 25.5. The van der Waals surface area contributed by atoms with E-state index in [0.717, 1.165) is 6.07 Å². The molecule has 1 heterocycles. The maximum atomic E-state index is 13.2. The Bertz CT molecular complexity index is 883. The summed E-state index contributed by atoms with van der Waals surface area (Å²) in [6.07, 6.45) is 0. The van der Waals surface area contributed by atoms with Gasteiger partial charge in [-0.25, -0.2) is 8.42 Å². The Morgan fingerprint density at radius 3 is 2.20 bits per heavy atom. The molecule has 0 saturated carbocycles. The molecule has 30 heavy (non-hydrogen) atoms. The summed E-state index contributed by atoms with van der Waals surface area (Å²) >= 11 is 6.74. The second kappa shape index (κ2) is 10.9. The van der Waals surface area contributed by atoms with Gasteiger partial charge >= 0.3 is 0 Å². The molecule has 0 N–H and O–H groups in total. The summed E-state index contributed by atoms with van der Waals surface area (Å²) in [5.41, 5.74) is -0.241. The number of carbonyl (C=O) groups excluding carboxylic acids is 1. The third kappa shape index (κ3) is 5.71. The SMILES string of the molecule is CCS(=O)(=O)c1cc([N+](=O)[O-])c(C(=O)N2CCN(C)CC2)cc1N(CCBr)CCBr. The average Bonchev–Trinajstić information content (AvgIpc) is 2.72. The number of anilines is 1. The van der Waals surface area contributed by atoms with Gasteiger partial charge in [-0.15, -0.1) is 0 Å². The fourth-order valence-electron chi connectivity index (χ4n) is 3.27. The lowest BCUT2D eigenvalue weighted by Crippen LogP contribution is -2.47. The van der Waals surface area contributed by atoms with E-state index in [1.165, 1.54) is 13.0 Å². The van der Waals surface area contributed by atoms with E-state index < -0.39 is 26.4 Å². The molecule has 1 fully saturated rings. The van der Waals surface area contributed by atoms with E-state index in [2.05, 4.69) is 36.8 Å². The van der Waals surface area contributed by atoms with Gasteiger partial charge < -0.3 is 14.7 Å². The highest BCUT2D eigenvalue weighted by Gasteiger charge is 2.32. The number of nitro groups is 1. The molecule has 0 unspecified atom stereocenters. The van der Waals surface area contributed by atoms with Crippen molar-refractivity contribution in [3.8, 4) is 0 Å². The first-order chi connectivity index (χ1) is 14.2. The van der Waals surface area contributed by atoms with Crippen LogP contribution in [0, 0.1) is 10.1 Å². The van der Waals surface area contributed by atoms with Crippen LogP contribution in [0.4, 0.5) is 11.4 Å². The van der Waals surface area contributed by atoms with Crippen molar-refractivity contribution < 1.29 is 18.1 Å². The molecule has 12 heteroatoms. The third-order valence-corrected chi connectivity index (χ3v) is 7.53. The molecule has 1 aliphatic rings. The van der Waals surface area contributed by atoms with E-state index in [1.807, 2.05) is 11.9 Å². The van der Waals surface area contributed by atoms with Crippen molar-refractivity contribution in [2.45, 2.75) is 11.8 Å². The number of rotatable bonds is 9. The minimum Gasteiger partial charge on any atom is -0.369 e. The first-order valence-corrected chi connectivity index (χ1v) is 13.5. The van der Waals surface area contributed by atoms with E-state index in [4.69, 9.17) is 0 Å². The highest BCUT2D eigenvalue weighted by molar-refractivity contribution is 9.09. The molecule has 0 radical (unpaired) electrons. The van der Waals surface area contributed by atoms with Gasteiger partial charge in [-0.2, -0.15) is 0 Å². The molecule has 1 aromatic rings. The van der Waals surface area contributed by atoms with Crippen LogP contribution < -0.4 is 4.90 Å².